The van der Waals surface area contributed by atoms with Gasteiger partial charge in [-0.25, -0.2) is 44.5 Å². The highest BCUT2D eigenvalue weighted by atomic mass is 32.3. The van der Waals surface area contributed by atoms with Crippen LogP contribution in [0.3, 0.4) is 0 Å². The third-order valence-corrected chi connectivity index (χ3v) is 9.17. The van der Waals surface area contributed by atoms with Crippen molar-refractivity contribution in [3.63, 3.8) is 0 Å². The van der Waals surface area contributed by atoms with Crippen LogP contribution in [-0.2, 0) is 36.4 Å². The van der Waals surface area contributed by atoms with Crippen molar-refractivity contribution >= 4 is 53.0 Å². The average Bonchev–Trinajstić information content (AvgIpc) is 2.74. The molecule has 3 aromatic rings. The highest BCUT2D eigenvalue weighted by molar-refractivity contribution is 8.06. The van der Waals surface area contributed by atoms with Crippen LogP contribution in [0.1, 0.15) is 11.1 Å². The molecule has 0 saturated carbocycles. The number of aryl methyl sites for hydroxylation is 1. The lowest BCUT2D eigenvalue weighted by Crippen LogP contribution is -2.29. The van der Waals surface area contributed by atoms with E-state index >= 15 is 0 Å². The fourth-order valence-corrected chi connectivity index (χ4v) is 6.77. The summed E-state index contributed by atoms with van der Waals surface area (Å²) in [6.45, 7) is 1.46. The first-order chi connectivity index (χ1) is 16.6. The van der Waals surface area contributed by atoms with Crippen molar-refractivity contribution in [3.05, 3.63) is 65.6 Å². The summed E-state index contributed by atoms with van der Waals surface area (Å²) in [5, 5.41) is 9.77. The topological polar surface area (TPSA) is 190 Å². The maximum atomic E-state index is 14.3. The van der Waals surface area contributed by atoms with Crippen LogP contribution in [0.25, 0.3) is 0 Å². The summed E-state index contributed by atoms with van der Waals surface area (Å²) < 4.78 is 86.0. The van der Waals surface area contributed by atoms with Crippen molar-refractivity contribution in [2.45, 2.75) is 18.4 Å². The Morgan fingerprint density at radius 3 is 2.19 bits per heavy atom. The first kappa shape index (κ1) is 27.4. The standard InChI is InChI=1S/C20H23FN6O6S3/c1-13-3-6-16(9-18(13)36(22,32)33)26-20-23-11-17(21)19(27-20)25-15-7-4-14(5-8-15)10-24-35(30,31)12-34(2,28)29/h3-9,11,24H,10,12H2,1-2H3,(H2,22,32,33)(H2,23,25,26,27). The number of hydrogen-bond acceptors (Lipinski definition) is 10. The molecule has 12 nitrogen and oxygen atoms in total. The molecule has 5 N–H and O–H groups in total. The molecule has 1 aromatic heterocycles. The van der Waals surface area contributed by atoms with Gasteiger partial charge in [0.05, 0.1) is 11.1 Å². The zero-order valence-electron chi connectivity index (χ0n) is 19.1. The SMILES string of the molecule is Cc1ccc(Nc2ncc(F)c(Nc3ccc(CNS(=O)(=O)CS(C)(=O)=O)cc3)n2)cc1S(N)(=O)=O. The lowest BCUT2D eigenvalue weighted by molar-refractivity contribution is 0.580. The number of primary sulfonamides is 1. The van der Waals surface area contributed by atoms with Crippen molar-refractivity contribution in [1.29, 1.82) is 0 Å². The van der Waals surface area contributed by atoms with E-state index in [4.69, 9.17) is 5.14 Å². The lowest BCUT2D eigenvalue weighted by atomic mass is 10.2. The Balaban J connectivity index is 1.71. The van der Waals surface area contributed by atoms with Crippen LogP contribution in [0.15, 0.2) is 53.6 Å². The molecule has 0 saturated heterocycles. The van der Waals surface area contributed by atoms with Crippen LogP contribution in [0, 0.1) is 12.7 Å². The second-order valence-electron chi connectivity index (χ2n) is 7.84. The molecule has 0 aliphatic rings. The number of rotatable bonds is 10. The molecule has 0 amide bonds. The van der Waals surface area contributed by atoms with Crippen molar-refractivity contribution in [3.8, 4) is 0 Å². The Morgan fingerprint density at radius 1 is 0.944 bits per heavy atom. The van der Waals surface area contributed by atoms with E-state index in [0.29, 0.717) is 22.5 Å². The smallest absolute Gasteiger partial charge is 0.238 e. The number of nitrogens with two attached hydrogens (primary N) is 1. The Hall–Kier alpha value is -3.18. The first-order valence-electron chi connectivity index (χ1n) is 10.1. The zero-order chi connectivity index (χ0) is 26.7. The Bertz CT molecular complexity index is 1600. The van der Waals surface area contributed by atoms with Gasteiger partial charge in [-0.1, -0.05) is 18.2 Å². The van der Waals surface area contributed by atoms with Crippen LogP contribution in [0.5, 0.6) is 0 Å². The van der Waals surface area contributed by atoms with E-state index in [1.165, 1.54) is 6.07 Å². The Labute approximate surface area is 208 Å². The van der Waals surface area contributed by atoms with Gasteiger partial charge in [0.1, 0.15) is 0 Å². The highest BCUT2D eigenvalue weighted by Crippen LogP contribution is 2.23. The number of hydrogen-bond donors (Lipinski definition) is 4. The van der Waals surface area contributed by atoms with Crippen molar-refractivity contribution in [1.82, 2.24) is 14.7 Å². The van der Waals surface area contributed by atoms with E-state index in [-0.39, 0.29) is 23.2 Å². The molecule has 36 heavy (non-hydrogen) atoms. The van der Waals surface area contributed by atoms with Crippen LogP contribution >= 0.6 is 0 Å². The van der Waals surface area contributed by atoms with Gasteiger partial charge in [0.25, 0.3) is 0 Å². The van der Waals surface area contributed by atoms with Gasteiger partial charge >= 0.3 is 0 Å². The van der Waals surface area contributed by atoms with Crippen molar-refractivity contribution < 1.29 is 29.6 Å². The van der Waals surface area contributed by atoms with E-state index in [1.807, 2.05) is 0 Å². The molecule has 194 valence electrons. The molecule has 1 heterocycles. The largest absolute Gasteiger partial charge is 0.338 e. The minimum atomic E-state index is -4.01. The molecule has 16 heteroatoms. The number of benzene rings is 2. The van der Waals surface area contributed by atoms with Gasteiger partial charge < -0.3 is 10.6 Å². The van der Waals surface area contributed by atoms with E-state index in [9.17, 15) is 29.6 Å². The molecular formula is C20H23FN6O6S3. The van der Waals surface area contributed by atoms with E-state index in [2.05, 4.69) is 25.3 Å². The summed E-state index contributed by atoms with van der Waals surface area (Å²) in [7, 11) is -11.7. The summed E-state index contributed by atoms with van der Waals surface area (Å²) in [5.74, 6) is -0.944. The maximum absolute atomic E-state index is 14.3. The average molecular weight is 559 g/mol. The quantitative estimate of drug-likeness (QED) is 0.283. The third-order valence-electron chi connectivity index (χ3n) is 4.58. The van der Waals surface area contributed by atoms with E-state index in [0.717, 1.165) is 12.5 Å². The van der Waals surface area contributed by atoms with Gasteiger partial charge in [0, 0.05) is 24.2 Å². The van der Waals surface area contributed by atoms with Crippen LogP contribution in [-0.4, -0.2) is 46.6 Å². The van der Waals surface area contributed by atoms with Crippen molar-refractivity contribution in [2.24, 2.45) is 5.14 Å². The Morgan fingerprint density at radius 2 is 1.58 bits per heavy atom. The lowest BCUT2D eigenvalue weighted by Gasteiger charge is -2.11. The molecule has 0 aliphatic heterocycles. The van der Waals surface area contributed by atoms with Gasteiger partial charge in [0.2, 0.25) is 26.0 Å². The highest BCUT2D eigenvalue weighted by Gasteiger charge is 2.18. The number of halogens is 1. The minimum absolute atomic E-state index is 0.0139. The summed E-state index contributed by atoms with van der Waals surface area (Å²) >= 11 is 0. The van der Waals surface area contributed by atoms with E-state index < -0.39 is 40.8 Å². The van der Waals surface area contributed by atoms with Crippen LogP contribution < -0.4 is 20.5 Å². The van der Waals surface area contributed by atoms with Gasteiger partial charge in [0.15, 0.2) is 26.6 Å². The molecule has 0 atom stereocenters. The summed E-state index contributed by atoms with van der Waals surface area (Å²) in [6, 6.07) is 10.7. The summed E-state index contributed by atoms with van der Waals surface area (Å²) in [6.07, 6.45) is 1.75. The summed E-state index contributed by atoms with van der Waals surface area (Å²) in [4.78, 5) is 7.84. The second-order valence-corrected chi connectivity index (χ2v) is 13.7. The van der Waals surface area contributed by atoms with Gasteiger partial charge in [-0.05, 0) is 42.3 Å². The van der Waals surface area contributed by atoms with Crippen molar-refractivity contribution in [2.75, 3.05) is 22.0 Å². The molecule has 0 bridgehead atoms. The molecule has 0 spiro atoms. The predicted molar refractivity (Wildman–Crippen MR) is 133 cm³/mol. The van der Waals surface area contributed by atoms with Crippen LogP contribution in [0.2, 0.25) is 0 Å². The second kappa shape index (κ2) is 10.4. The van der Waals surface area contributed by atoms with Gasteiger partial charge in [-0.3, -0.25) is 0 Å². The number of anilines is 4. The minimum Gasteiger partial charge on any atom is -0.338 e. The zero-order valence-corrected chi connectivity index (χ0v) is 21.5. The van der Waals surface area contributed by atoms with Gasteiger partial charge in [-0.2, -0.15) is 4.98 Å². The number of nitrogens with zero attached hydrogens (tertiary/aromatic N) is 2. The molecular weight excluding hydrogens is 535 g/mol. The van der Waals surface area contributed by atoms with Gasteiger partial charge in [-0.15, -0.1) is 0 Å². The fraction of sp³-hybridized carbons (Fsp3) is 0.200. The monoisotopic (exact) mass is 558 g/mol. The predicted octanol–water partition coefficient (Wildman–Crippen LogP) is 1.48. The summed E-state index contributed by atoms with van der Waals surface area (Å²) in [5.41, 5.74) is 1.74. The number of nitrogens with one attached hydrogen (secondary N) is 3. The molecule has 2 aromatic carbocycles. The Kier molecular flexibility index (Phi) is 7.94. The number of sulfonamides is 2. The first-order valence-corrected chi connectivity index (χ1v) is 15.3. The van der Waals surface area contributed by atoms with E-state index in [1.54, 1.807) is 43.3 Å². The number of aromatic nitrogens is 2. The molecule has 0 aliphatic carbocycles. The third kappa shape index (κ3) is 7.92. The molecule has 0 radical (unpaired) electrons. The molecule has 3 rings (SSSR count). The van der Waals surface area contributed by atoms with Crippen LogP contribution in [0.4, 0.5) is 27.5 Å². The maximum Gasteiger partial charge on any atom is 0.238 e. The molecule has 0 unspecified atom stereocenters. The fourth-order valence-electron chi connectivity index (χ4n) is 2.99. The normalized spacial score (nSPS) is 12.3. The molecule has 0 fully saturated rings. The number of sulfone groups is 1.